The second-order valence-corrected chi connectivity index (χ2v) is 7.43. The lowest BCUT2D eigenvalue weighted by Crippen LogP contribution is -2.33. The van der Waals surface area contributed by atoms with Crippen molar-refractivity contribution in [3.8, 4) is 0 Å². The molecule has 1 aromatic carbocycles. The van der Waals surface area contributed by atoms with Crippen molar-refractivity contribution in [3.63, 3.8) is 0 Å². The van der Waals surface area contributed by atoms with Gasteiger partial charge in [0.05, 0.1) is 10.0 Å². The molecule has 0 radical (unpaired) electrons. The van der Waals surface area contributed by atoms with E-state index in [0.29, 0.717) is 35.4 Å². The normalized spacial score (nSPS) is 15.3. The van der Waals surface area contributed by atoms with Crippen LogP contribution in [0.2, 0.25) is 10.0 Å². The third-order valence-corrected chi connectivity index (χ3v) is 5.18. The average Bonchev–Trinajstić information content (AvgIpc) is 2.75. The highest BCUT2D eigenvalue weighted by Crippen LogP contribution is 2.27. The van der Waals surface area contributed by atoms with Crippen LogP contribution >= 0.6 is 35.6 Å². The Morgan fingerprint density at radius 1 is 1.23 bits per heavy atom. The molecule has 3 rings (SSSR count). The first-order valence-electron chi connectivity index (χ1n) is 9.27. The molecule has 1 aliphatic carbocycles. The molecule has 7 nitrogen and oxygen atoms in total. The number of aliphatic hydroxyl groups excluding tert-OH is 1. The van der Waals surface area contributed by atoms with Gasteiger partial charge in [-0.15, -0.1) is 12.4 Å². The summed E-state index contributed by atoms with van der Waals surface area (Å²) >= 11 is 12.0. The van der Waals surface area contributed by atoms with Gasteiger partial charge in [0.1, 0.15) is 18.6 Å². The maximum Gasteiger partial charge on any atom is 0.245 e. The lowest BCUT2D eigenvalue weighted by Gasteiger charge is -2.25. The van der Waals surface area contributed by atoms with Crippen molar-refractivity contribution in [2.45, 2.75) is 13.0 Å². The quantitative estimate of drug-likeness (QED) is 0.523. The van der Waals surface area contributed by atoms with Crippen molar-refractivity contribution in [1.29, 1.82) is 0 Å². The fraction of sp³-hybridized carbons (Fsp3) is 0.238. The van der Waals surface area contributed by atoms with E-state index in [4.69, 9.17) is 33.0 Å². The number of carbonyl (C=O) groups is 2. The summed E-state index contributed by atoms with van der Waals surface area (Å²) in [5.74, 6) is 0.0853. The van der Waals surface area contributed by atoms with Crippen LogP contribution in [0.5, 0.6) is 0 Å². The zero-order valence-corrected chi connectivity index (χ0v) is 18.8. The molecule has 1 heterocycles. The van der Waals surface area contributed by atoms with Crippen LogP contribution in [-0.2, 0) is 20.9 Å². The predicted octanol–water partition coefficient (Wildman–Crippen LogP) is 3.04. The van der Waals surface area contributed by atoms with E-state index in [-0.39, 0.29) is 24.6 Å². The van der Waals surface area contributed by atoms with Crippen LogP contribution in [0.15, 0.2) is 66.0 Å². The SMILES string of the molecule is Cl.O=C1C=CC(NCc2ccc(Cl)c(Cl)c2)=C(C2=CN(CCNC(=O)CO)C=CO2)C1. The van der Waals surface area contributed by atoms with E-state index in [1.165, 1.54) is 12.3 Å². The van der Waals surface area contributed by atoms with Crippen molar-refractivity contribution in [2.75, 3.05) is 19.7 Å². The fourth-order valence-electron chi connectivity index (χ4n) is 2.91. The molecule has 0 saturated heterocycles. The first kappa shape index (κ1) is 24.8. The van der Waals surface area contributed by atoms with Crippen molar-refractivity contribution in [2.24, 2.45) is 0 Å². The van der Waals surface area contributed by atoms with Crippen molar-refractivity contribution >= 4 is 47.3 Å². The molecule has 0 bridgehead atoms. The molecule has 1 aromatic rings. The van der Waals surface area contributed by atoms with E-state index in [2.05, 4.69) is 10.6 Å². The highest BCUT2D eigenvalue weighted by atomic mass is 35.5. The third kappa shape index (κ3) is 7.04. The van der Waals surface area contributed by atoms with E-state index in [1.807, 2.05) is 11.0 Å². The molecule has 1 amide bonds. The highest BCUT2D eigenvalue weighted by Gasteiger charge is 2.21. The number of carbonyl (C=O) groups excluding carboxylic acids is 2. The maximum absolute atomic E-state index is 12.0. The summed E-state index contributed by atoms with van der Waals surface area (Å²) in [5.41, 5.74) is 2.45. The maximum atomic E-state index is 12.0. The number of hydrogen-bond acceptors (Lipinski definition) is 6. The summed E-state index contributed by atoms with van der Waals surface area (Å²) < 4.78 is 5.65. The van der Waals surface area contributed by atoms with Crippen LogP contribution < -0.4 is 10.6 Å². The molecule has 166 valence electrons. The van der Waals surface area contributed by atoms with E-state index < -0.39 is 12.5 Å². The number of allylic oxidation sites excluding steroid dienone is 3. The molecule has 1 aliphatic heterocycles. The van der Waals surface area contributed by atoms with Gasteiger partial charge in [0, 0.05) is 49.7 Å². The lowest BCUT2D eigenvalue weighted by molar-refractivity contribution is -0.123. The van der Waals surface area contributed by atoms with Crippen LogP contribution in [0.1, 0.15) is 12.0 Å². The van der Waals surface area contributed by atoms with Crippen molar-refractivity contribution < 1.29 is 19.4 Å². The predicted molar refractivity (Wildman–Crippen MR) is 121 cm³/mol. The lowest BCUT2D eigenvalue weighted by atomic mass is 9.99. The van der Waals surface area contributed by atoms with Gasteiger partial charge in [-0.05, 0) is 29.8 Å². The van der Waals surface area contributed by atoms with Crippen molar-refractivity contribution in [1.82, 2.24) is 15.5 Å². The van der Waals surface area contributed by atoms with Gasteiger partial charge in [-0.2, -0.15) is 0 Å². The standard InChI is InChI=1S/C21H21Cl2N3O4.ClH/c22-17-3-1-14(9-18(17)23)11-25-19-4-2-15(28)10-16(19)20-12-26(7-8-30-20)6-5-24-21(29)13-27;/h1-4,7-9,12,25,27H,5-6,10-11,13H2,(H,24,29);1H. The van der Waals surface area contributed by atoms with Gasteiger partial charge >= 0.3 is 0 Å². The van der Waals surface area contributed by atoms with Gasteiger partial charge in [0.2, 0.25) is 5.91 Å². The monoisotopic (exact) mass is 485 g/mol. The van der Waals surface area contributed by atoms with Crippen LogP contribution in [0.4, 0.5) is 0 Å². The molecule has 0 saturated carbocycles. The molecule has 0 aromatic heterocycles. The van der Waals surface area contributed by atoms with Crippen LogP contribution in [0.25, 0.3) is 0 Å². The van der Waals surface area contributed by atoms with Gasteiger partial charge in [-0.25, -0.2) is 0 Å². The number of aliphatic hydroxyl groups is 1. The largest absolute Gasteiger partial charge is 0.462 e. The van der Waals surface area contributed by atoms with E-state index in [0.717, 1.165) is 16.8 Å². The molecule has 2 aliphatic rings. The fourth-order valence-corrected chi connectivity index (χ4v) is 3.23. The average molecular weight is 487 g/mol. The number of amides is 1. The zero-order chi connectivity index (χ0) is 21.5. The number of hydrogen-bond donors (Lipinski definition) is 3. The minimum Gasteiger partial charge on any atom is -0.462 e. The summed E-state index contributed by atoms with van der Waals surface area (Å²) in [6, 6.07) is 5.40. The Morgan fingerprint density at radius 2 is 2.03 bits per heavy atom. The smallest absolute Gasteiger partial charge is 0.245 e. The molecular weight excluding hydrogens is 465 g/mol. The van der Waals surface area contributed by atoms with Crippen molar-refractivity contribution in [3.05, 3.63) is 81.7 Å². The highest BCUT2D eigenvalue weighted by molar-refractivity contribution is 6.42. The first-order valence-corrected chi connectivity index (χ1v) is 10.0. The molecule has 0 spiro atoms. The second kappa shape index (κ2) is 11.8. The zero-order valence-electron chi connectivity index (χ0n) is 16.4. The van der Waals surface area contributed by atoms with E-state index in [1.54, 1.807) is 30.6 Å². The Morgan fingerprint density at radius 3 is 2.77 bits per heavy atom. The number of ether oxygens (including phenoxy) is 1. The minimum atomic E-state index is -0.546. The Bertz CT molecular complexity index is 957. The Hall–Kier alpha value is -2.45. The second-order valence-electron chi connectivity index (χ2n) is 6.61. The van der Waals surface area contributed by atoms with Gasteiger partial charge < -0.3 is 25.4 Å². The number of ketones is 1. The molecule has 0 atom stereocenters. The molecule has 0 unspecified atom stereocenters. The number of benzene rings is 1. The summed E-state index contributed by atoms with van der Waals surface area (Å²) in [6.07, 6.45) is 8.48. The Kier molecular flexibility index (Phi) is 9.45. The Labute approximate surface area is 196 Å². The molecule has 3 N–H and O–H groups in total. The first-order chi connectivity index (χ1) is 14.5. The van der Waals surface area contributed by atoms with Crippen LogP contribution in [-0.4, -0.2) is 41.4 Å². The Balaban J connectivity index is 0.00000341. The van der Waals surface area contributed by atoms with Gasteiger partial charge in [-0.3, -0.25) is 9.59 Å². The van der Waals surface area contributed by atoms with E-state index >= 15 is 0 Å². The van der Waals surface area contributed by atoms with Crippen LogP contribution in [0.3, 0.4) is 0 Å². The summed E-state index contributed by atoms with van der Waals surface area (Å²) in [6.45, 7) is 0.787. The number of halogens is 3. The molecule has 0 fully saturated rings. The summed E-state index contributed by atoms with van der Waals surface area (Å²) in [7, 11) is 0. The van der Waals surface area contributed by atoms with Gasteiger partial charge in [0.25, 0.3) is 0 Å². The molecular formula is C21H22Cl3N3O4. The topological polar surface area (TPSA) is 90.9 Å². The molecule has 10 heteroatoms. The van der Waals surface area contributed by atoms with Gasteiger partial charge in [0.15, 0.2) is 5.78 Å². The summed E-state index contributed by atoms with van der Waals surface area (Å²) in [5, 5.41) is 15.6. The molecule has 31 heavy (non-hydrogen) atoms. The number of nitrogens with one attached hydrogen (secondary N) is 2. The van der Waals surface area contributed by atoms with Crippen LogP contribution in [0, 0.1) is 0 Å². The number of nitrogens with zero attached hydrogens (tertiary/aromatic N) is 1. The summed E-state index contributed by atoms with van der Waals surface area (Å²) in [4.78, 5) is 25.0. The van der Waals surface area contributed by atoms with E-state index in [9.17, 15) is 9.59 Å². The minimum absolute atomic E-state index is 0. The van der Waals surface area contributed by atoms with Gasteiger partial charge in [-0.1, -0.05) is 29.3 Å². The number of rotatable bonds is 8. The third-order valence-electron chi connectivity index (χ3n) is 4.44.